The number of rotatable bonds is 5. The molecular weight excluding hydrogens is 324 g/mol. The number of aromatic nitrogens is 1. The Balaban J connectivity index is 1.51. The molecule has 4 nitrogen and oxygen atoms in total. The van der Waals surface area contributed by atoms with Gasteiger partial charge in [0.15, 0.2) is 0 Å². The lowest BCUT2D eigenvalue weighted by atomic mass is 9.98. The molecule has 1 aliphatic carbocycles. The van der Waals surface area contributed by atoms with Gasteiger partial charge in [0.05, 0.1) is 18.5 Å². The molecule has 1 aromatic heterocycles. The Kier molecular flexibility index (Phi) is 4.25. The molecule has 0 radical (unpaired) electrons. The molecule has 124 valence electrons. The van der Waals surface area contributed by atoms with E-state index in [1.54, 1.807) is 23.4 Å². The Hall–Kier alpha value is -1.91. The van der Waals surface area contributed by atoms with Gasteiger partial charge in [-0.25, -0.2) is 0 Å². The van der Waals surface area contributed by atoms with E-state index in [1.165, 1.54) is 12.8 Å². The molecule has 1 fully saturated rings. The van der Waals surface area contributed by atoms with Crippen LogP contribution in [0.2, 0.25) is 5.02 Å². The third-order valence-corrected chi connectivity index (χ3v) is 4.79. The van der Waals surface area contributed by atoms with Crippen molar-refractivity contribution in [3.8, 4) is 0 Å². The summed E-state index contributed by atoms with van der Waals surface area (Å²) in [5, 5.41) is 0.673. The molecule has 4 rings (SSSR count). The predicted molar refractivity (Wildman–Crippen MR) is 93.4 cm³/mol. The maximum Gasteiger partial charge on any atom is 0.258 e. The smallest absolute Gasteiger partial charge is 0.258 e. The monoisotopic (exact) mass is 342 g/mol. The minimum absolute atomic E-state index is 0.00534. The highest BCUT2D eigenvalue weighted by molar-refractivity contribution is 6.30. The molecule has 5 heteroatoms. The van der Waals surface area contributed by atoms with Crippen LogP contribution in [0.4, 0.5) is 5.69 Å². The Morgan fingerprint density at radius 1 is 1.25 bits per heavy atom. The largest absolute Gasteiger partial charge is 0.376 e. The highest BCUT2D eigenvalue weighted by Gasteiger charge is 2.26. The van der Waals surface area contributed by atoms with E-state index in [9.17, 15) is 4.79 Å². The van der Waals surface area contributed by atoms with E-state index < -0.39 is 0 Å². The highest BCUT2D eigenvalue weighted by atomic mass is 35.5. The van der Waals surface area contributed by atoms with Crippen molar-refractivity contribution in [3.05, 3.63) is 58.4 Å². The summed E-state index contributed by atoms with van der Waals surface area (Å²) < 4.78 is 5.72. The summed E-state index contributed by atoms with van der Waals surface area (Å²) in [5.41, 5.74) is 3.57. The number of anilines is 1. The number of nitrogens with zero attached hydrogens (tertiary/aromatic N) is 2. The van der Waals surface area contributed by atoms with Crippen molar-refractivity contribution < 1.29 is 9.53 Å². The minimum Gasteiger partial charge on any atom is -0.376 e. The lowest BCUT2D eigenvalue weighted by Crippen LogP contribution is -2.37. The second-order valence-electron chi connectivity index (χ2n) is 6.52. The topological polar surface area (TPSA) is 42.4 Å². The lowest BCUT2D eigenvalue weighted by molar-refractivity contribution is 0.0980. The van der Waals surface area contributed by atoms with Gasteiger partial charge in [0.2, 0.25) is 0 Å². The molecule has 0 bridgehead atoms. The number of benzene rings is 1. The molecule has 0 N–H and O–H groups in total. The number of fused-ring (bicyclic) bond motifs is 1. The standard InChI is InChI=1S/C19H19ClN2O2/c20-16-3-4-18-15(8-16)5-6-22(19(18)23)17-7-14(9-21-10-17)12-24-11-13-1-2-13/h3-4,7-10,13H,1-2,5-6,11-12H2. The maximum absolute atomic E-state index is 12.8. The average molecular weight is 343 g/mol. The molecule has 1 aliphatic heterocycles. The van der Waals surface area contributed by atoms with Crippen molar-refractivity contribution in [2.24, 2.45) is 5.92 Å². The zero-order chi connectivity index (χ0) is 16.5. The van der Waals surface area contributed by atoms with Gasteiger partial charge in [-0.3, -0.25) is 9.78 Å². The van der Waals surface area contributed by atoms with Gasteiger partial charge in [-0.15, -0.1) is 0 Å². The number of carbonyl (C=O) groups excluding carboxylic acids is 1. The first kappa shape index (κ1) is 15.6. The number of halogens is 1. The van der Waals surface area contributed by atoms with Gasteiger partial charge in [-0.2, -0.15) is 0 Å². The molecule has 1 amide bonds. The summed E-state index contributed by atoms with van der Waals surface area (Å²) in [5.74, 6) is 0.749. The fourth-order valence-corrected chi connectivity index (χ4v) is 3.23. The zero-order valence-electron chi connectivity index (χ0n) is 13.4. The second-order valence-corrected chi connectivity index (χ2v) is 6.95. The van der Waals surface area contributed by atoms with Crippen LogP contribution in [0.3, 0.4) is 0 Å². The SMILES string of the molecule is O=C1c2ccc(Cl)cc2CCN1c1cncc(COCC2CC2)c1. The van der Waals surface area contributed by atoms with E-state index in [4.69, 9.17) is 16.3 Å². The molecule has 2 aromatic rings. The Morgan fingerprint density at radius 3 is 2.96 bits per heavy atom. The first-order valence-electron chi connectivity index (χ1n) is 8.32. The van der Waals surface area contributed by atoms with Crippen LogP contribution in [-0.2, 0) is 17.8 Å². The van der Waals surface area contributed by atoms with Crippen LogP contribution >= 0.6 is 11.6 Å². The highest BCUT2D eigenvalue weighted by Crippen LogP contribution is 2.29. The first-order chi connectivity index (χ1) is 11.7. The van der Waals surface area contributed by atoms with E-state index in [0.29, 0.717) is 18.2 Å². The fraction of sp³-hybridized carbons (Fsp3) is 0.368. The third-order valence-electron chi connectivity index (χ3n) is 4.56. The van der Waals surface area contributed by atoms with Gasteiger partial charge in [0.25, 0.3) is 5.91 Å². The first-order valence-corrected chi connectivity index (χ1v) is 8.70. The van der Waals surface area contributed by atoms with Gasteiger partial charge in [0, 0.05) is 29.9 Å². The molecule has 1 aromatic carbocycles. The molecule has 0 saturated heterocycles. The molecule has 1 saturated carbocycles. The summed E-state index contributed by atoms with van der Waals surface area (Å²) in [6.07, 6.45) is 6.90. The Morgan fingerprint density at radius 2 is 2.12 bits per heavy atom. The number of ether oxygens (including phenoxy) is 1. The average Bonchev–Trinajstić information content (AvgIpc) is 3.40. The van der Waals surface area contributed by atoms with Gasteiger partial charge in [-0.1, -0.05) is 11.6 Å². The minimum atomic E-state index is 0.00534. The molecule has 2 aliphatic rings. The van der Waals surface area contributed by atoms with Crippen molar-refractivity contribution in [1.29, 1.82) is 0 Å². The maximum atomic E-state index is 12.8. The Bertz CT molecular complexity index is 774. The lowest BCUT2D eigenvalue weighted by Gasteiger charge is -2.28. The molecule has 0 spiro atoms. The van der Waals surface area contributed by atoms with Crippen LogP contribution in [0, 0.1) is 5.92 Å². The summed E-state index contributed by atoms with van der Waals surface area (Å²) in [4.78, 5) is 18.8. The normalized spacial score (nSPS) is 17.0. The van der Waals surface area contributed by atoms with E-state index in [-0.39, 0.29) is 5.91 Å². The van der Waals surface area contributed by atoms with Crippen LogP contribution in [0.1, 0.15) is 34.3 Å². The van der Waals surface area contributed by atoms with Crippen molar-refractivity contribution in [2.75, 3.05) is 18.1 Å². The van der Waals surface area contributed by atoms with Gasteiger partial charge in [-0.05, 0) is 60.6 Å². The van der Waals surface area contributed by atoms with E-state index >= 15 is 0 Å². The molecule has 2 heterocycles. The van der Waals surface area contributed by atoms with Crippen LogP contribution < -0.4 is 4.90 Å². The molecular formula is C19H19ClN2O2. The molecule has 0 atom stereocenters. The number of carbonyl (C=O) groups is 1. The summed E-state index contributed by atoms with van der Waals surface area (Å²) in [6, 6.07) is 7.45. The Labute approximate surface area is 146 Å². The van der Waals surface area contributed by atoms with Gasteiger partial charge >= 0.3 is 0 Å². The number of amides is 1. The molecule has 0 unspecified atom stereocenters. The van der Waals surface area contributed by atoms with E-state index in [1.807, 2.05) is 18.2 Å². The van der Waals surface area contributed by atoms with Gasteiger partial charge in [0.1, 0.15) is 0 Å². The zero-order valence-corrected chi connectivity index (χ0v) is 14.1. The van der Waals surface area contributed by atoms with Crippen LogP contribution in [0.25, 0.3) is 0 Å². The quantitative estimate of drug-likeness (QED) is 0.828. The third kappa shape index (κ3) is 3.30. The summed E-state index contributed by atoms with van der Waals surface area (Å²) in [7, 11) is 0. The van der Waals surface area contributed by atoms with E-state index in [2.05, 4.69) is 4.98 Å². The van der Waals surface area contributed by atoms with Crippen molar-refractivity contribution >= 4 is 23.2 Å². The van der Waals surface area contributed by atoms with Crippen LogP contribution in [-0.4, -0.2) is 24.0 Å². The van der Waals surface area contributed by atoms with E-state index in [0.717, 1.165) is 41.3 Å². The summed E-state index contributed by atoms with van der Waals surface area (Å²) in [6.45, 7) is 2.01. The van der Waals surface area contributed by atoms with Crippen molar-refractivity contribution in [1.82, 2.24) is 4.98 Å². The van der Waals surface area contributed by atoms with Crippen molar-refractivity contribution in [2.45, 2.75) is 25.9 Å². The van der Waals surface area contributed by atoms with Crippen molar-refractivity contribution in [3.63, 3.8) is 0 Å². The fourth-order valence-electron chi connectivity index (χ4n) is 3.03. The van der Waals surface area contributed by atoms with Gasteiger partial charge < -0.3 is 9.64 Å². The number of hydrogen-bond donors (Lipinski definition) is 0. The second kappa shape index (κ2) is 6.54. The molecule has 24 heavy (non-hydrogen) atoms. The number of pyridine rings is 1. The van der Waals surface area contributed by atoms with Crippen LogP contribution in [0.15, 0.2) is 36.7 Å². The van der Waals surface area contributed by atoms with Crippen LogP contribution in [0.5, 0.6) is 0 Å². The number of hydrogen-bond acceptors (Lipinski definition) is 3. The predicted octanol–water partition coefficient (Wildman–Crippen LogP) is 3.86. The summed E-state index contributed by atoms with van der Waals surface area (Å²) >= 11 is 6.02.